The highest BCUT2D eigenvalue weighted by Crippen LogP contribution is 2.24. The lowest BCUT2D eigenvalue weighted by atomic mass is 10.1. The van der Waals surface area contributed by atoms with Crippen molar-refractivity contribution >= 4 is 16.9 Å². The van der Waals surface area contributed by atoms with Crippen LogP contribution in [-0.2, 0) is 7.05 Å². The van der Waals surface area contributed by atoms with Crippen LogP contribution in [0, 0.1) is 0 Å². The third kappa shape index (κ3) is 2.81. The summed E-state index contributed by atoms with van der Waals surface area (Å²) in [7, 11) is 3.21. The lowest BCUT2D eigenvalue weighted by molar-refractivity contribution is 0.203. The monoisotopic (exact) mass is 308 g/mol. The van der Waals surface area contributed by atoms with E-state index in [0.29, 0.717) is 11.1 Å². The average Bonchev–Trinajstić information content (AvgIpc) is 2.59. The second kappa shape index (κ2) is 5.96. The number of pyridine rings is 1. The summed E-state index contributed by atoms with van der Waals surface area (Å²) in [6, 6.07) is 16.7. The fraction of sp³-hybridized carbons (Fsp3) is 0.111. The molecular formula is C18H16N2O3. The van der Waals surface area contributed by atoms with Gasteiger partial charge >= 0.3 is 6.09 Å². The number of nitrogens with zero attached hydrogens (tertiary/aromatic N) is 1. The van der Waals surface area contributed by atoms with Gasteiger partial charge in [-0.2, -0.15) is 0 Å². The zero-order chi connectivity index (χ0) is 16.4. The van der Waals surface area contributed by atoms with E-state index in [1.165, 1.54) is 7.05 Å². The van der Waals surface area contributed by atoms with Crippen molar-refractivity contribution in [3.8, 4) is 17.0 Å². The van der Waals surface area contributed by atoms with Crippen LogP contribution in [0.25, 0.3) is 22.0 Å². The highest BCUT2D eigenvalue weighted by atomic mass is 16.5. The summed E-state index contributed by atoms with van der Waals surface area (Å²) < 4.78 is 6.68. The molecule has 0 saturated carbocycles. The fourth-order valence-corrected chi connectivity index (χ4v) is 2.49. The van der Waals surface area contributed by atoms with Gasteiger partial charge in [0, 0.05) is 14.1 Å². The first-order valence-electron chi connectivity index (χ1n) is 7.19. The number of carbonyl (C=O) groups is 1. The van der Waals surface area contributed by atoms with Gasteiger partial charge in [0.25, 0.3) is 5.56 Å². The maximum absolute atomic E-state index is 12.6. The van der Waals surface area contributed by atoms with Crippen LogP contribution in [0.1, 0.15) is 0 Å². The Kier molecular flexibility index (Phi) is 3.85. The molecule has 1 heterocycles. The number of benzene rings is 2. The molecule has 5 nitrogen and oxygen atoms in total. The SMILES string of the molecule is CNC(=O)Oc1ccc2cc(-c3ccccc3)n(C)c(=O)c2c1. The quantitative estimate of drug-likeness (QED) is 0.792. The Morgan fingerprint density at radius 2 is 1.83 bits per heavy atom. The van der Waals surface area contributed by atoms with Gasteiger partial charge in [-0.15, -0.1) is 0 Å². The number of hydrogen-bond acceptors (Lipinski definition) is 3. The number of rotatable bonds is 2. The summed E-state index contributed by atoms with van der Waals surface area (Å²) in [5.41, 5.74) is 1.67. The molecule has 23 heavy (non-hydrogen) atoms. The normalized spacial score (nSPS) is 10.5. The molecule has 5 heteroatoms. The Morgan fingerprint density at radius 1 is 1.09 bits per heavy atom. The van der Waals surface area contributed by atoms with Crippen molar-refractivity contribution < 1.29 is 9.53 Å². The second-order valence-corrected chi connectivity index (χ2v) is 5.15. The van der Waals surface area contributed by atoms with E-state index >= 15 is 0 Å². The minimum Gasteiger partial charge on any atom is -0.410 e. The van der Waals surface area contributed by atoms with Gasteiger partial charge in [0.05, 0.1) is 11.1 Å². The van der Waals surface area contributed by atoms with Crippen LogP contribution in [-0.4, -0.2) is 17.7 Å². The first-order chi connectivity index (χ1) is 11.1. The molecule has 1 N–H and O–H groups in total. The number of hydrogen-bond donors (Lipinski definition) is 1. The topological polar surface area (TPSA) is 60.3 Å². The van der Waals surface area contributed by atoms with Gasteiger partial charge in [0.1, 0.15) is 5.75 Å². The summed E-state index contributed by atoms with van der Waals surface area (Å²) >= 11 is 0. The zero-order valence-corrected chi connectivity index (χ0v) is 12.9. The minimum atomic E-state index is -0.568. The predicted octanol–water partition coefficient (Wildman–Crippen LogP) is 2.92. The van der Waals surface area contributed by atoms with E-state index in [1.807, 2.05) is 36.4 Å². The highest BCUT2D eigenvalue weighted by molar-refractivity contribution is 5.87. The first kappa shape index (κ1) is 14.8. The smallest absolute Gasteiger partial charge is 0.410 e. The molecule has 1 aromatic heterocycles. The Morgan fingerprint density at radius 3 is 2.52 bits per heavy atom. The standard InChI is InChI=1S/C18H16N2O3/c1-19-18(22)23-14-9-8-13-10-16(12-6-4-3-5-7-12)20(2)17(21)15(13)11-14/h3-11H,1-2H3,(H,19,22). The number of ether oxygens (including phenoxy) is 1. The summed E-state index contributed by atoms with van der Waals surface area (Å²) in [5, 5.41) is 3.68. The summed E-state index contributed by atoms with van der Waals surface area (Å²) in [4.78, 5) is 23.9. The van der Waals surface area contributed by atoms with Gasteiger partial charge in [-0.3, -0.25) is 4.79 Å². The van der Waals surface area contributed by atoms with Crippen LogP contribution in [0.5, 0.6) is 5.75 Å². The van der Waals surface area contributed by atoms with Crippen molar-refractivity contribution in [2.75, 3.05) is 7.05 Å². The van der Waals surface area contributed by atoms with Crippen molar-refractivity contribution in [3.05, 3.63) is 65.0 Å². The molecule has 0 unspecified atom stereocenters. The number of amides is 1. The van der Waals surface area contributed by atoms with E-state index in [1.54, 1.807) is 29.8 Å². The lowest BCUT2D eigenvalue weighted by Gasteiger charge is -2.11. The number of nitrogens with one attached hydrogen (secondary N) is 1. The molecule has 0 atom stereocenters. The van der Waals surface area contributed by atoms with Crippen LogP contribution in [0.4, 0.5) is 4.79 Å². The first-order valence-corrected chi connectivity index (χ1v) is 7.19. The van der Waals surface area contributed by atoms with Gasteiger partial charge in [0.2, 0.25) is 0 Å². The van der Waals surface area contributed by atoms with Crippen LogP contribution in [0.2, 0.25) is 0 Å². The maximum atomic E-state index is 12.6. The Labute approximate surface area is 133 Å². The van der Waals surface area contributed by atoms with E-state index in [4.69, 9.17) is 4.74 Å². The minimum absolute atomic E-state index is 0.135. The van der Waals surface area contributed by atoms with Crippen molar-refractivity contribution in [3.63, 3.8) is 0 Å². The predicted molar refractivity (Wildman–Crippen MR) is 89.7 cm³/mol. The third-order valence-electron chi connectivity index (χ3n) is 3.70. The fourth-order valence-electron chi connectivity index (χ4n) is 2.49. The van der Waals surface area contributed by atoms with Crippen LogP contribution < -0.4 is 15.6 Å². The van der Waals surface area contributed by atoms with Crippen molar-refractivity contribution in [2.45, 2.75) is 0 Å². The van der Waals surface area contributed by atoms with E-state index in [2.05, 4.69) is 5.32 Å². The third-order valence-corrected chi connectivity index (χ3v) is 3.70. The Hall–Kier alpha value is -3.08. The van der Waals surface area contributed by atoms with Gasteiger partial charge in [0.15, 0.2) is 0 Å². The highest BCUT2D eigenvalue weighted by Gasteiger charge is 2.10. The maximum Gasteiger partial charge on any atom is 0.412 e. The van der Waals surface area contributed by atoms with E-state index in [9.17, 15) is 9.59 Å². The van der Waals surface area contributed by atoms with Gasteiger partial charge in [-0.05, 0) is 29.1 Å². The van der Waals surface area contributed by atoms with Gasteiger partial charge in [-0.1, -0.05) is 36.4 Å². The van der Waals surface area contributed by atoms with Crippen LogP contribution >= 0.6 is 0 Å². The van der Waals surface area contributed by atoms with Crippen LogP contribution in [0.15, 0.2) is 59.4 Å². The molecule has 1 amide bonds. The molecule has 3 rings (SSSR count). The molecule has 0 aliphatic rings. The Balaban J connectivity index is 2.15. The average molecular weight is 308 g/mol. The molecule has 0 bridgehead atoms. The molecule has 0 radical (unpaired) electrons. The molecule has 2 aromatic carbocycles. The van der Waals surface area contributed by atoms with Crippen LogP contribution in [0.3, 0.4) is 0 Å². The summed E-state index contributed by atoms with van der Waals surface area (Å²) in [5.74, 6) is 0.335. The number of fused-ring (bicyclic) bond motifs is 1. The number of carbonyl (C=O) groups excluding carboxylic acids is 1. The van der Waals surface area contributed by atoms with Crippen molar-refractivity contribution in [1.82, 2.24) is 9.88 Å². The Bertz CT molecular complexity index is 930. The molecular weight excluding hydrogens is 292 g/mol. The summed E-state index contributed by atoms with van der Waals surface area (Å²) in [6.45, 7) is 0. The molecule has 0 fully saturated rings. The zero-order valence-electron chi connectivity index (χ0n) is 12.9. The van der Waals surface area contributed by atoms with Crippen molar-refractivity contribution in [2.24, 2.45) is 7.05 Å². The molecule has 0 spiro atoms. The largest absolute Gasteiger partial charge is 0.412 e. The van der Waals surface area contributed by atoms with Gasteiger partial charge < -0.3 is 14.6 Å². The van der Waals surface area contributed by atoms with E-state index < -0.39 is 6.09 Å². The van der Waals surface area contributed by atoms with Gasteiger partial charge in [-0.25, -0.2) is 4.79 Å². The molecule has 0 aliphatic heterocycles. The van der Waals surface area contributed by atoms with E-state index in [0.717, 1.165) is 16.6 Å². The molecule has 0 saturated heterocycles. The van der Waals surface area contributed by atoms with Crippen molar-refractivity contribution in [1.29, 1.82) is 0 Å². The molecule has 0 aliphatic carbocycles. The second-order valence-electron chi connectivity index (χ2n) is 5.15. The molecule has 116 valence electrons. The van der Waals surface area contributed by atoms with E-state index in [-0.39, 0.29) is 5.56 Å². The molecule has 3 aromatic rings. The lowest BCUT2D eigenvalue weighted by Crippen LogP contribution is -2.22. The summed E-state index contributed by atoms with van der Waals surface area (Å²) in [6.07, 6.45) is -0.568. The number of aromatic nitrogens is 1.